The molecule has 0 spiro atoms. The molecule has 0 atom stereocenters. The van der Waals surface area contributed by atoms with Gasteiger partial charge in [0.1, 0.15) is 5.82 Å². The van der Waals surface area contributed by atoms with E-state index < -0.39 is 0 Å². The van der Waals surface area contributed by atoms with E-state index in [4.69, 9.17) is 0 Å². The molecule has 0 fully saturated rings. The summed E-state index contributed by atoms with van der Waals surface area (Å²) in [7, 11) is 0. The van der Waals surface area contributed by atoms with Crippen molar-refractivity contribution in [2.75, 3.05) is 0 Å². The molecule has 2 heteroatoms. The predicted octanol–water partition coefficient (Wildman–Crippen LogP) is 4.85. The monoisotopic (exact) mass is 268 g/mol. The molecular formula is C18H17FO. The lowest BCUT2D eigenvalue weighted by molar-refractivity contribution is 0.104. The van der Waals surface area contributed by atoms with Crippen molar-refractivity contribution in [1.82, 2.24) is 0 Å². The third-order valence-corrected chi connectivity index (χ3v) is 3.16. The Bertz CT molecular complexity index is 607. The highest BCUT2D eigenvalue weighted by Gasteiger charge is 2.02. The standard InChI is InChI=1S/C18H17FO/c1-13(2)15-6-3-14(4-7-15)5-12-18(20)16-8-10-17(19)11-9-16/h3-13H,1-2H3. The first-order valence-electron chi connectivity index (χ1n) is 6.64. The van der Waals surface area contributed by atoms with Gasteiger partial charge in [-0.25, -0.2) is 4.39 Å². The lowest BCUT2D eigenvalue weighted by Crippen LogP contribution is -1.93. The molecule has 1 nitrogen and oxygen atoms in total. The Balaban J connectivity index is 2.08. The first-order valence-corrected chi connectivity index (χ1v) is 6.64. The summed E-state index contributed by atoms with van der Waals surface area (Å²) >= 11 is 0. The van der Waals surface area contributed by atoms with Crippen LogP contribution in [0.25, 0.3) is 6.08 Å². The zero-order chi connectivity index (χ0) is 14.5. The zero-order valence-corrected chi connectivity index (χ0v) is 11.6. The summed E-state index contributed by atoms with van der Waals surface area (Å²) in [5.41, 5.74) is 2.73. The van der Waals surface area contributed by atoms with E-state index in [1.54, 1.807) is 6.08 Å². The Kier molecular flexibility index (Phi) is 4.46. The van der Waals surface area contributed by atoms with Gasteiger partial charge in [-0.2, -0.15) is 0 Å². The zero-order valence-electron chi connectivity index (χ0n) is 11.6. The van der Waals surface area contributed by atoms with Gasteiger partial charge in [0, 0.05) is 5.56 Å². The molecular weight excluding hydrogens is 251 g/mol. The SMILES string of the molecule is CC(C)c1ccc(C=CC(=O)c2ccc(F)cc2)cc1. The minimum absolute atomic E-state index is 0.127. The molecule has 0 unspecified atom stereocenters. The van der Waals surface area contributed by atoms with Gasteiger partial charge in [0.25, 0.3) is 0 Å². The number of benzene rings is 2. The molecule has 0 aliphatic heterocycles. The van der Waals surface area contributed by atoms with Gasteiger partial charge in [-0.15, -0.1) is 0 Å². The highest BCUT2D eigenvalue weighted by molar-refractivity contribution is 6.06. The summed E-state index contributed by atoms with van der Waals surface area (Å²) < 4.78 is 12.8. The maximum absolute atomic E-state index is 12.8. The van der Waals surface area contributed by atoms with Crippen LogP contribution in [-0.2, 0) is 0 Å². The molecule has 0 saturated carbocycles. The molecule has 0 radical (unpaired) electrons. The summed E-state index contributed by atoms with van der Waals surface area (Å²) in [6.45, 7) is 4.28. The van der Waals surface area contributed by atoms with E-state index in [1.807, 2.05) is 12.1 Å². The van der Waals surface area contributed by atoms with Gasteiger partial charge in [-0.3, -0.25) is 4.79 Å². The third kappa shape index (κ3) is 3.64. The van der Waals surface area contributed by atoms with Crippen LogP contribution < -0.4 is 0 Å². The van der Waals surface area contributed by atoms with Crippen LogP contribution in [0.1, 0.15) is 41.3 Å². The molecule has 0 heterocycles. The summed E-state index contributed by atoms with van der Waals surface area (Å²) in [4.78, 5) is 11.9. The van der Waals surface area contributed by atoms with Crippen molar-refractivity contribution in [3.63, 3.8) is 0 Å². The van der Waals surface area contributed by atoms with E-state index in [2.05, 4.69) is 26.0 Å². The van der Waals surface area contributed by atoms with Crippen LogP contribution in [0.4, 0.5) is 4.39 Å². The van der Waals surface area contributed by atoms with Crippen LogP contribution in [0, 0.1) is 5.82 Å². The van der Waals surface area contributed by atoms with Crippen molar-refractivity contribution >= 4 is 11.9 Å². The number of carbonyl (C=O) groups is 1. The predicted molar refractivity (Wildman–Crippen MR) is 80.3 cm³/mol. The summed E-state index contributed by atoms with van der Waals surface area (Å²) in [6, 6.07) is 13.7. The molecule has 0 aliphatic rings. The van der Waals surface area contributed by atoms with Gasteiger partial charge in [-0.05, 0) is 47.4 Å². The van der Waals surface area contributed by atoms with E-state index in [0.717, 1.165) is 5.56 Å². The fraction of sp³-hybridized carbons (Fsp3) is 0.167. The fourth-order valence-electron chi connectivity index (χ4n) is 1.87. The number of ketones is 1. The number of hydrogen-bond acceptors (Lipinski definition) is 1. The molecule has 0 N–H and O–H groups in total. The summed E-state index contributed by atoms with van der Waals surface area (Å²) in [5, 5.41) is 0. The van der Waals surface area contributed by atoms with Crippen molar-refractivity contribution in [2.24, 2.45) is 0 Å². The van der Waals surface area contributed by atoms with Crippen molar-refractivity contribution in [1.29, 1.82) is 0 Å². The molecule has 2 aromatic rings. The molecule has 0 aromatic heterocycles. The van der Waals surface area contributed by atoms with Gasteiger partial charge in [0.15, 0.2) is 5.78 Å². The van der Waals surface area contributed by atoms with Gasteiger partial charge in [0.2, 0.25) is 0 Å². The largest absolute Gasteiger partial charge is 0.289 e. The van der Waals surface area contributed by atoms with E-state index in [-0.39, 0.29) is 11.6 Å². The van der Waals surface area contributed by atoms with Crippen molar-refractivity contribution in [3.05, 3.63) is 77.1 Å². The topological polar surface area (TPSA) is 17.1 Å². The second-order valence-electron chi connectivity index (χ2n) is 5.03. The molecule has 2 aromatic carbocycles. The molecule has 0 aliphatic carbocycles. The molecule has 0 amide bonds. The van der Waals surface area contributed by atoms with Crippen LogP contribution in [0.15, 0.2) is 54.6 Å². The van der Waals surface area contributed by atoms with Crippen molar-refractivity contribution in [2.45, 2.75) is 19.8 Å². The van der Waals surface area contributed by atoms with E-state index in [1.165, 1.54) is 35.9 Å². The van der Waals surface area contributed by atoms with Gasteiger partial charge in [0.05, 0.1) is 0 Å². The van der Waals surface area contributed by atoms with E-state index >= 15 is 0 Å². The molecule has 102 valence electrons. The summed E-state index contributed by atoms with van der Waals surface area (Å²) in [5.74, 6) is 0.0293. The number of rotatable bonds is 4. The lowest BCUT2D eigenvalue weighted by atomic mass is 10.0. The average molecular weight is 268 g/mol. The first-order chi connectivity index (χ1) is 9.56. The number of carbonyl (C=O) groups excluding carboxylic acids is 1. The van der Waals surface area contributed by atoms with Gasteiger partial charge < -0.3 is 0 Å². The maximum Gasteiger partial charge on any atom is 0.185 e. The molecule has 0 saturated heterocycles. The molecule has 2 rings (SSSR count). The van der Waals surface area contributed by atoms with Gasteiger partial charge in [-0.1, -0.05) is 44.2 Å². The Morgan fingerprint density at radius 1 is 1.00 bits per heavy atom. The second-order valence-corrected chi connectivity index (χ2v) is 5.03. The smallest absolute Gasteiger partial charge is 0.185 e. The Morgan fingerprint density at radius 3 is 2.15 bits per heavy atom. The molecule has 0 bridgehead atoms. The van der Waals surface area contributed by atoms with Crippen molar-refractivity contribution < 1.29 is 9.18 Å². The number of halogens is 1. The van der Waals surface area contributed by atoms with Crippen LogP contribution in [0.3, 0.4) is 0 Å². The lowest BCUT2D eigenvalue weighted by Gasteiger charge is -2.04. The highest BCUT2D eigenvalue weighted by Crippen LogP contribution is 2.15. The second kappa shape index (κ2) is 6.29. The molecule has 20 heavy (non-hydrogen) atoms. The Morgan fingerprint density at radius 2 is 1.60 bits per heavy atom. The minimum atomic E-state index is -0.338. The maximum atomic E-state index is 12.8. The van der Waals surface area contributed by atoms with Crippen LogP contribution in [0.5, 0.6) is 0 Å². The van der Waals surface area contributed by atoms with E-state index in [9.17, 15) is 9.18 Å². The highest BCUT2D eigenvalue weighted by atomic mass is 19.1. The van der Waals surface area contributed by atoms with Gasteiger partial charge >= 0.3 is 0 Å². The normalized spacial score (nSPS) is 11.2. The van der Waals surface area contributed by atoms with E-state index in [0.29, 0.717) is 11.5 Å². The Labute approximate surface area is 118 Å². The van der Waals surface area contributed by atoms with Crippen LogP contribution in [0.2, 0.25) is 0 Å². The summed E-state index contributed by atoms with van der Waals surface area (Å²) in [6.07, 6.45) is 3.29. The number of hydrogen-bond donors (Lipinski definition) is 0. The fourth-order valence-corrected chi connectivity index (χ4v) is 1.87. The Hall–Kier alpha value is -2.22. The third-order valence-electron chi connectivity index (χ3n) is 3.16. The minimum Gasteiger partial charge on any atom is -0.289 e. The first kappa shape index (κ1) is 14.2. The van der Waals surface area contributed by atoms with Crippen molar-refractivity contribution in [3.8, 4) is 0 Å². The average Bonchev–Trinajstić information content (AvgIpc) is 2.46. The quantitative estimate of drug-likeness (QED) is 0.572. The van der Waals surface area contributed by atoms with Crippen LogP contribution in [-0.4, -0.2) is 5.78 Å². The van der Waals surface area contributed by atoms with Crippen LogP contribution >= 0.6 is 0 Å². The number of allylic oxidation sites excluding steroid dienone is 1.